The van der Waals surface area contributed by atoms with Crippen LogP contribution in [0.25, 0.3) is 0 Å². The van der Waals surface area contributed by atoms with E-state index in [1.807, 2.05) is 0 Å². The van der Waals surface area contributed by atoms with E-state index in [4.69, 9.17) is 11.6 Å². The standard InChI is InChI=1S/C10H10BrClN2O/c11-6-2-13-9-7(8(6)12)10(4-14-9)1-5(10)3-15/h2,5,15H,1,3-4H2,(H,13,14). The van der Waals surface area contributed by atoms with E-state index in [0.717, 1.165) is 33.8 Å². The van der Waals surface area contributed by atoms with Crippen molar-refractivity contribution in [2.75, 3.05) is 18.5 Å². The van der Waals surface area contributed by atoms with E-state index < -0.39 is 0 Å². The number of hydrogen-bond donors (Lipinski definition) is 2. The molecule has 2 atom stereocenters. The van der Waals surface area contributed by atoms with Gasteiger partial charge >= 0.3 is 0 Å². The number of hydrogen-bond acceptors (Lipinski definition) is 3. The van der Waals surface area contributed by atoms with Gasteiger partial charge < -0.3 is 10.4 Å². The van der Waals surface area contributed by atoms with E-state index in [0.29, 0.717) is 5.92 Å². The van der Waals surface area contributed by atoms with Gasteiger partial charge in [0.15, 0.2) is 0 Å². The molecule has 2 unspecified atom stereocenters. The maximum atomic E-state index is 9.21. The maximum absolute atomic E-state index is 9.21. The van der Waals surface area contributed by atoms with Crippen LogP contribution in [-0.2, 0) is 5.41 Å². The van der Waals surface area contributed by atoms with E-state index in [9.17, 15) is 5.11 Å². The van der Waals surface area contributed by atoms with Crippen LogP contribution < -0.4 is 5.32 Å². The minimum Gasteiger partial charge on any atom is -0.396 e. The fourth-order valence-electron chi connectivity index (χ4n) is 2.53. The Hall–Kier alpha value is -0.320. The molecule has 1 aromatic heterocycles. The van der Waals surface area contributed by atoms with Gasteiger partial charge in [0.1, 0.15) is 5.82 Å². The summed E-state index contributed by atoms with van der Waals surface area (Å²) >= 11 is 9.66. The second-order valence-electron chi connectivity index (χ2n) is 4.24. The molecular weight excluding hydrogens is 279 g/mol. The molecule has 1 saturated carbocycles. The minimum atomic E-state index is 0.0396. The second kappa shape index (κ2) is 3.09. The van der Waals surface area contributed by atoms with Crippen molar-refractivity contribution in [2.24, 2.45) is 5.92 Å². The van der Waals surface area contributed by atoms with Crippen molar-refractivity contribution < 1.29 is 5.11 Å². The number of pyridine rings is 1. The lowest BCUT2D eigenvalue weighted by molar-refractivity contribution is 0.265. The summed E-state index contributed by atoms with van der Waals surface area (Å²) in [4.78, 5) is 4.30. The molecule has 3 rings (SSSR count). The monoisotopic (exact) mass is 288 g/mol. The Morgan fingerprint density at radius 2 is 2.53 bits per heavy atom. The van der Waals surface area contributed by atoms with Crippen LogP contribution >= 0.6 is 27.5 Å². The van der Waals surface area contributed by atoms with E-state index in [1.165, 1.54) is 0 Å². The number of aliphatic hydroxyl groups excluding tert-OH is 1. The summed E-state index contributed by atoms with van der Waals surface area (Å²) in [6.45, 7) is 1.07. The molecule has 1 spiro atoms. The molecule has 3 nitrogen and oxygen atoms in total. The average Bonchev–Trinajstić information content (AvgIpc) is 2.81. The number of aromatic nitrogens is 1. The SMILES string of the molecule is OCC1CC12CNc1ncc(Br)c(Cl)c12. The van der Waals surface area contributed by atoms with Crippen molar-refractivity contribution in [3.8, 4) is 0 Å². The van der Waals surface area contributed by atoms with Gasteiger partial charge in [-0.2, -0.15) is 0 Å². The van der Waals surface area contributed by atoms with Crippen molar-refractivity contribution in [3.05, 3.63) is 21.3 Å². The van der Waals surface area contributed by atoms with Gasteiger partial charge in [0.05, 0.1) is 9.50 Å². The third kappa shape index (κ3) is 1.19. The molecule has 2 heterocycles. The highest BCUT2D eigenvalue weighted by Gasteiger charge is 2.59. The lowest BCUT2D eigenvalue weighted by Gasteiger charge is -2.10. The van der Waals surface area contributed by atoms with Gasteiger partial charge in [0.2, 0.25) is 0 Å². The van der Waals surface area contributed by atoms with Gasteiger partial charge in [-0.3, -0.25) is 0 Å². The second-order valence-corrected chi connectivity index (χ2v) is 5.47. The highest BCUT2D eigenvalue weighted by Crippen LogP contribution is 2.60. The first kappa shape index (κ1) is 9.87. The Bertz CT molecular complexity index is 440. The van der Waals surface area contributed by atoms with Crippen LogP contribution in [-0.4, -0.2) is 23.2 Å². The Balaban J connectivity index is 2.14. The molecule has 2 aliphatic rings. The quantitative estimate of drug-likeness (QED) is 0.833. The van der Waals surface area contributed by atoms with Crippen molar-refractivity contribution in [1.29, 1.82) is 0 Å². The van der Waals surface area contributed by atoms with Crippen molar-refractivity contribution >= 4 is 33.3 Å². The normalized spacial score (nSPS) is 31.5. The third-order valence-electron chi connectivity index (χ3n) is 3.49. The average molecular weight is 290 g/mol. The molecule has 5 heteroatoms. The summed E-state index contributed by atoms with van der Waals surface area (Å²) in [6.07, 6.45) is 2.71. The van der Waals surface area contributed by atoms with Crippen LogP contribution in [0.15, 0.2) is 10.7 Å². The Morgan fingerprint density at radius 3 is 3.20 bits per heavy atom. The van der Waals surface area contributed by atoms with Crippen LogP contribution in [0.1, 0.15) is 12.0 Å². The Morgan fingerprint density at radius 1 is 1.73 bits per heavy atom. The number of nitrogens with zero attached hydrogens (tertiary/aromatic N) is 1. The Kier molecular flexibility index (Phi) is 2.03. The van der Waals surface area contributed by atoms with Gasteiger partial charge in [0, 0.05) is 30.3 Å². The topological polar surface area (TPSA) is 45.1 Å². The van der Waals surface area contributed by atoms with Crippen molar-refractivity contribution in [3.63, 3.8) is 0 Å². The van der Waals surface area contributed by atoms with Crippen molar-refractivity contribution in [2.45, 2.75) is 11.8 Å². The van der Waals surface area contributed by atoms with Gasteiger partial charge in [-0.25, -0.2) is 4.98 Å². The summed E-state index contributed by atoms with van der Waals surface area (Å²) in [5, 5.41) is 13.2. The maximum Gasteiger partial charge on any atom is 0.131 e. The first-order valence-electron chi connectivity index (χ1n) is 4.88. The molecule has 15 heavy (non-hydrogen) atoms. The molecule has 1 aromatic rings. The highest BCUT2D eigenvalue weighted by molar-refractivity contribution is 9.10. The summed E-state index contributed by atoms with van der Waals surface area (Å²) in [7, 11) is 0. The molecule has 0 amide bonds. The zero-order chi connectivity index (χ0) is 10.6. The highest BCUT2D eigenvalue weighted by atomic mass is 79.9. The molecule has 80 valence electrons. The summed E-state index contributed by atoms with van der Waals surface area (Å²) in [6, 6.07) is 0. The fourth-order valence-corrected chi connectivity index (χ4v) is 3.15. The van der Waals surface area contributed by atoms with E-state index >= 15 is 0 Å². The number of anilines is 1. The molecule has 0 radical (unpaired) electrons. The first-order chi connectivity index (χ1) is 7.19. The lowest BCUT2D eigenvalue weighted by atomic mass is 9.97. The van der Waals surface area contributed by atoms with E-state index in [1.54, 1.807) is 6.20 Å². The number of aliphatic hydroxyl groups is 1. The van der Waals surface area contributed by atoms with Gasteiger partial charge in [-0.05, 0) is 28.3 Å². The zero-order valence-corrected chi connectivity index (χ0v) is 10.3. The van der Waals surface area contributed by atoms with E-state index in [-0.39, 0.29) is 12.0 Å². The lowest BCUT2D eigenvalue weighted by Crippen LogP contribution is -2.14. The van der Waals surface area contributed by atoms with Gasteiger partial charge in [0.25, 0.3) is 0 Å². The van der Waals surface area contributed by atoms with Crippen LogP contribution in [0.3, 0.4) is 0 Å². The predicted molar refractivity (Wildman–Crippen MR) is 62.3 cm³/mol. The molecule has 1 aliphatic heterocycles. The van der Waals surface area contributed by atoms with Crippen LogP contribution in [0, 0.1) is 5.92 Å². The summed E-state index contributed by atoms with van der Waals surface area (Å²) < 4.78 is 0.828. The minimum absolute atomic E-state index is 0.0396. The smallest absolute Gasteiger partial charge is 0.131 e. The Labute approximate surface area is 101 Å². The summed E-state index contributed by atoms with van der Waals surface area (Å²) in [5.74, 6) is 1.21. The van der Waals surface area contributed by atoms with Crippen LogP contribution in [0.5, 0.6) is 0 Å². The number of halogens is 2. The van der Waals surface area contributed by atoms with Gasteiger partial charge in [-0.15, -0.1) is 0 Å². The first-order valence-corrected chi connectivity index (χ1v) is 6.05. The third-order valence-corrected chi connectivity index (χ3v) is 4.72. The molecule has 0 bridgehead atoms. The summed E-state index contributed by atoms with van der Waals surface area (Å²) in [5.41, 5.74) is 1.12. The van der Waals surface area contributed by atoms with Crippen LogP contribution in [0.2, 0.25) is 5.02 Å². The largest absolute Gasteiger partial charge is 0.396 e. The fraction of sp³-hybridized carbons (Fsp3) is 0.500. The number of rotatable bonds is 1. The van der Waals surface area contributed by atoms with Crippen molar-refractivity contribution in [1.82, 2.24) is 4.98 Å². The molecule has 1 aliphatic carbocycles. The van der Waals surface area contributed by atoms with E-state index in [2.05, 4.69) is 26.2 Å². The predicted octanol–water partition coefficient (Wildman–Crippen LogP) is 2.17. The molecule has 0 saturated heterocycles. The molecule has 1 fully saturated rings. The molecular formula is C10H10BrClN2O. The number of fused-ring (bicyclic) bond motifs is 2. The molecule has 2 N–H and O–H groups in total. The number of nitrogens with one attached hydrogen (secondary N) is 1. The zero-order valence-electron chi connectivity index (χ0n) is 7.93. The van der Waals surface area contributed by atoms with Crippen LogP contribution in [0.4, 0.5) is 5.82 Å². The molecule has 0 aromatic carbocycles. The van der Waals surface area contributed by atoms with Gasteiger partial charge in [-0.1, -0.05) is 11.6 Å².